The maximum absolute atomic E-state index is 12.3. The molecule has 122 valence electrons. The van der Waals surface area contributed by atoms with Crippen LogP contribution in [0.25, 0.3) is 0 Å². The highest BCUT2D eigenvalue weighted by Crippen LogP contribution is 2.29. The number of carbonyl (C=O) groups excluding carboxylic acids is 1. The third-order valence-electron chi connectivity index (χ3n) is 4.62. The molecule has 3 heteroatoms. The number of benzene rings is 1. The molecule has 1 aromatic carbocycles. The van der Waals surface area contributed by atoms with Crippen molar-refractivity contribution in [2.75, 3.05) is 20.2 Å². The Labute approximate surface area is 134 Å². The van der Waals surface area contributed by atoms with E-state index in [2.05, 4.69) is 24.0 Å². The highest BCUT2D eigenvalue weighted by Gasteiger charge is 2.26. The topological polar surface area (TPSA) is 29.5 Å². The molecule has 0 radical (unpaired) electrons. The van der Waals surface area contributed by atoms with Gasteiger partial charge in [0.05, 0.1) is 7.11 Å². The lowest BCUT2D eigenvalue weighted by molar-refractivity contribution is -0.130. The molecule has 1 heterocycles. The molecule has 1 atom stereocenters. The van der Waals surface area contributed by atoms with Crippen molar-refractivity contribution in [3.05, 3.63) is 29.8 Å². The first-order chi connectivity index (χ1) is 10.7. The maximum Gasteiger partial charge on any atom is 0.222 e. The number of nitrogens with zero attached hydrogens (tertiary/aromatic N) is 1. The Hall–Kier alpha value is -1.51. The average molecular weight is 303 g/mol. The summed E-state index contributed by atoms with van der Waals surface area (Å²) in [6.45, 7) is 4.00. The van der Waals surface area contributed by atoms with Gasteiger partial charge < -0.3 is 9.64 Å². The predicted molar refractivity (Wildman–Crippen MR) is 90.3 cm³/mol. The molecule has 22 heavy (non-hydrogen) atoms. The number of ether oxygens (including phenoxy) is 1. The zero-order chi connectivity index (χ0) is 15.8. The van der Waals surface area contributed by atoms with Crippen molar-refractivity contribution in [2.24, 2.45) is 0 Å². The first-order valence-electron chi connectivity index (χ1n) is 8.66. The molecular weight excluding hydrogens is 274 g/mol. The summed E-state index contributed by atoms with van der Waals surface area (Å²) in [6.07, 6.45) is 7.84. The van der Waals surface area contributed by atoms with Crippen LogP contribution in [0.1, 0.15) is 63.4 Å². The molecule has 1 aliphatic heterocycles. The number of carbonyl (C=O) groups is 1. The van der Waals surface area contributed by atoms with E-state index in [1.54, 1.807) is 7.11 Å². The van der Waals surface area contributed by atoms with Gasteiger partial charge in [0.1, 0.15) is 5.75 Å². The second kappa shape index (κ2) is 8.82. The van der Waals surface area contributed by atoms with Gasteiger partial charge in [-0.15, -0.1) is 0 Å². The molecule has 3 nitrogen and oxygen atoms in total. The van der Waals surface area contributed by atoms with Crippen LogP contribution in [0.5, 0.6) is 5.75 Å². The highest BCUT2D eigenvalue weighted by molar-refractivity contribution is 5.76. The standard InChI is InChI=1S/C19H29NO2/c1-3-4-5-6-7-8-19(21)20-14-13-17(15-20)16-9-11-18(22-2)12-10-16/h9-12,17H,3-8,13-15H2,1-2H3. The molecule has 0 bridgehead atoms. The van der Waals surface area contributed by atoms with Crippen molar-refractivity contribution >= 4 is 5.91 Å². The van der Waals surface area contributed by atoms with E-state index in [1.165, 1.54) is 31.2 Å². The van der Waals surface area contributed by atoms with Crippen molar-refractivity contribution in [3.8, 4) is 5.75 Å². The van der Waals surface area contributed by atoms with Crippen LogP contribution in [0.2, 0.25) is 0 Å². The number of likely N-dealkylation sites (tertiary alicyclic amines) is 1. The minimum atomic E-state index is 0.340. The monoisotopic (exact) mass is 303 g/mol. The van der Waals surface area contributed by atoms with E-state index in [9.17, 15) is 4.79 Å². The lowest BCUT2D eigenvalue weighted by atomic mass is 9.98. The van der Waals surface area contributed by atoms with Gasteiger partial charge in [0.25, 0.3) is 0 Å². The summed E-state index contributed by atoms with van der Waals surface area (Å²) in [7, 11) is 1.69. The van der Waals surface area contributed by atoms with E-state index in [4.69, 9.17) is 4.74 Å². The molecule has 1 fully saturated rings. The van der Waals surface area contributed by atoms with Gasteiger partial charge >= 0.3 is 0 Å². The first kappa shape index (κ1) is 16.9. The summed E-state index contributed by atoms with van der Waals surface area (Å²) >= 11 is 0. The van der Waals surface area contributed by atoms with Crippen molar-refractivity contribution < 1.29 is 9.53 Å². The second-order valence-corrected chi connectivity index (χ2v) is 6.26. The Morgan fingerprint density at radius 2 is 1.91 bits per heavy atom. The third kappa shape index (κ3) is 4.75. The van der Waals surface area contributed by atoms with Crippen LogP contribution in [0.15, 0.2) is 24.3 Å². The van der Waals surface area contributed by atoms with Gasteiger partial charge in [-0.25, -0.2) is 0 Å². The van der Waals surface area contributed by atoms with Gasteiger partial charge in [-0.1, -0.05) is 44.7 Å². The highest BCUT2D eigenvalue weighted by atomic mass is 16.5. The Balaban J connectivity index is 1.75. The Bertz CT molecular complexity index is 455. The number of amides is 1. The Morgan fingerprint density at radius 1 is 1.18 bits per heavy atom. The van der Waals surface area contributed by atoms with Crippen molar-refractivity contribution in [1.82, 2.24) is 4.90 Å². The summed E-state index contributed by atoms with van der Waals surface area (Å²) in [6, 6.07) is 8.27. The summed E-state index contributed by atoms with van der Waals surface area (Å²) < 4.78 is 5.20. The van der Waals surface area contributed by atoms with E-state index in [0.717, 1.165) is 38.1 Å². The molecule has 0 saturated carbocycles. The first-order valence-corrected chi connectivity index (χ1v) is 8.66. The van der Waals surface area contributed by atoms with Gasteiger partial charge in [0.15, 0.2) is 0 Å². The fourth-order valence-electron chi connectivity index (χ4n) is 3.17. The number of hydrogen-bond donors (Lipinski definition) is 0. The quantitative estimate of drug-likeness (QED) is 0.667. The SMILES string of the molecule is CCCCCCCC(=O)N1CCC(c2ccc(OC)cc2)C1. The van der Waals surface area contributed by atoms with Gasteiger partial charge in [0, 0.05) is 25.4 Å². The molecule has 1 unspecified atom stereocenters. The number of hydrogen-bond acceptors (Lipinski definition) is 2. The summed E-state index contributed by atoms with van der Waals surface area (Å²) in [5.41, 5.74) is 1.32. The van der Waals surface area contributed by atoms with Gasteiger partial charge in [-0.2, -0.15) is 0 Å². The molecule has 0 aliphatic carbocycles. The Morgan fingerprint density at radius 3 is 2.59 bits per heavy atom. The number of unbranched alkanes of at least 4 members (excludes halogenated alkanes) is 4. The summed E-state index contributed by atoms with van der Waals surface area (Å²) in [4.78, 5) is 14.3. The molecule has 0 N–H and O–H groups in total. The lowest BCUT2D eigenvalue weighted by Gasteiger charge is -2.17. The summed E-state index contributed by atoms with van der Waals surface area (Å²) in [5.74, 6) is 1.71. The second-order valence-electron chi connectivity index (χ2n) is 6.26. The van der Waals surface area contributed by atoms with Crippen molar-refractivity contribution in [3.63, 3.8) is 0 Å². The minimum Gasteiger partial charge on any atom is -0.497 e. The molecule has 1 aromatic rings. The number of methoxy groups -OCH3 is 1. The van der Waals surface area contributed by atoms with Crippen LogP contribution >= 0.6 is 0 Å². The van der Waals surface area contributed by atoms with Gasteiger partial charge in [0.2, 0.25) is 5.91 Å². The van der Waals surface area contributed by atoms with E-state index in [1.807, 2.05) is 12.1 Å². The van der Waals surface area contributed by atoms with Crippen molar-refractivity contribution in [1.29, 1.82) is 0 Å². The minimum absolute atomic E-state index is 0.340. The van der Waals surface area contributed by atoms with Crippen LogP contribution in [0.4, 0.5) is 0 Å². The van der Waals surface area contributed by atoms with Crippen LogP contribution < -0.4 is 4.74 Å². The van der Waals surface area contributed by atoms with Crippen molar-refractivity contribution in [2.45, 2.75) is 57.8 Å². The largest absolute Gasteiger partial charge is 0.497 e. The van der Waals surface area contributed by atoms with Crippen LogP contribution in [-0.2, 0) is 4.79 Å². The molecule has 0 spiro atoms. The molecule has 1 saturated heterocycles. The maximum atomic E-state index is 12.3. The molecule has 1 amide bonds. The molecule has 0 aromatic heterocycles. The summed E-state index contributed by atoms with van der Waals surface area (Å²) in [5, 5.41) is 0. The van der Waals surface area contributed by atoms with E-state index >= 15 is 0 Å². The molecule has 1 aliphatic rings. The lowest BCUT2D eigenvalue weighted by Crippen LogP contribution is -2.28. The predicted octanol–water partition coefficient (Wildman–Crippen LogP) is 4.37. The molecule has 2 rings (SSSR count). The van der Waals surface area contributed by atoms with Crippen LogP contribution in [-0.4, -0.2) is 31.0 Å². The molecular formula is C19H29NO2. The van der Waals surface area contributed by atoms with E-state index in [0.29, 0.717) is 11.8 Å². The average Bonchev–Trinajstić information content (AvgIpc) is 3.04. The fourth-order valence-corrected chi connectivity index (χ4v) is 3.17. The van der Waals surface area contributed by atoms with Crippen LogP contribution in [0.3, 0.4) is 0 Å². The van der Waals surface area contributed by atoms with Gasteiger partial charge in [-0.3, -0.25) is 4.79 Å². The van der Waals surface area contributed by atoms with E-state index in [-0.39, 0.29) is 0 Å². The van der Waals surface area contributed by atoms with Crippen LogP contribution in [0, 0.1) is 0 Å². The van der Waals surface area contributed by atoms with Gasteiger partial charge in [-0.05, 0) is 30.5 Å². The normalized spacial score (nSPS) is 17.7. The number of rotatable bonds is 8. The Kier molecular flexibility index (Phi) is 6.75. The smallest absolute Gasteiger partial charge is 0.222 e. The zero-order valence-electron chi connectivity index (χ0n) is 14.0. The van der Waals surface area contributed by atoms with E-state index < -0.39 is 0 Å². The zero-order valence-corrected chi connectivity index (χ0v) is 14.0. The third-order valence-corrected chi connectivity index (χ3v) is 4.62. The fraction of sp³-hybridized carbons (Fsp3) is 0.632.